The minimum absolute atomic E-state index is 0.0256. The Morgan fingerprint density at radius 1 is 1.40 bits per heavy atom. The lowest BCUT2D eigenvalue weighted by molar-refractivity contribution is 0.156. The molecule has 0 bridgehead atoms. The fraction of sp³-hybridized carbons (Fsp3) is 0.500. The van der Waals surface area contributed by atoms with Crippen molar-refractivity contribution in [3.05, 3.63) is 34.9 Å². The Kier molecular flexibility index (Phi) is 6.01. The van der Waals surface area contributed by atoms with Crippen molar-refractivity contribution in [1.82, 2.24) is 10.2 Å². The van der Waals surface area contributed by atoms with Gasteiger partial charge in [-0.25, -0.2) is 4.79 Å². The molecule has 6 heteroatoms. The minimum atomic E-state index is -0.153. The normalized spacial score (nSPS) is 16.8. The third kappa shape index (κ3) is 4.30. The van der Waals surface area contributed by atoms with Gasteiger partial charge in [-0.15, -0.1) is 0 Å². The second-order valence-corrected chi connectivity index (χ2v) is 6.27. The van der Waals surface area contributed by atoms with E-state index in [0.29, 0.717) is 11.6 Å². The van der Waals surface area contributed by atoms with E-state index in [-0.39, 0.29) is 12.1 Å². The van der Waals surface area contributed by atoms with Crippen molar-refractivity contribution in [2.45, 2.75) is 6.04 Å². The topological polar surface area (TPSA) is 41.6 Å². The lowest BCUT2D eigenvalue weighted by Crippen LogP contribution is -2.46. The monoisotopic (exact) mass is 314 g/mol. The number of hydrogen-bond acceptors (Lipinski definition) is 3. The van der Waals surface area contributed by atoms with Gasteiger partial charge < -0.3 is 15.0 Å². The third-order valence-electron chi connectivity index (χ3n) is 3.20. The van der Waals surface area contributed by atoms with Gasteiger partial charge in [0.15, 0.2) is 0 Å². The standard InChI is InChI=1S/C14H19ClN2O2S/c1-19-10-13(11-2-4-12(15)5-3-11)16-14(18)17-6-8-20-9-7-17/h2-5,13H,6-10H2,1H3,(H,16,18)/t13-/m0/s1. The summed E-state index contributed by atoms with van der Waals surface area (Å²) in [5.41, 5.74) is 0.996. The molecule has 0 saturated carbocycles. The Morgan fingerprint density at radius 2 is 2.05 bits per heavy atom. The molecular weight excluding hydrogens is 296 g/mol. The maximum Gasteiger partial charge on any atom is 0.318 e. The average Bonchev–Trinajstić information content (AvgIpc) is 2.48. The summed E-state index contributed by atoms with van der Waals surface area (Å²) in [5, 5.41) is 3.72. The molecule has 1 fully saturated rings. The molecule has 2 amide bonds. The SMILES string of the molecule is COC[C@H](NC(=O)N1CCSCC1)c1ccc(Cl)cc1. The van der Waals surface area contributed by atoms with Crippen molar-refractivity contribution < 1.29 is 9.53 Å². The van der Waals surface area contributed by atoms with E-state index in [0.717, 1.165) is 30.2 Å². The summed E-state index contributed by atoms with van der Waals surface area (Å²) in [6.07, 6.45) is 0. The Labute approximate surface area is 128 Å². The van der Waals surface area contributed by atoms with Crippen molar-refractivity contribution in [2.75, 3.05) is 38.3 Å². The molecule has 1 heterocycles. The van der Waals surface area contributed by atoms with E-state index in [4.69, 9.17) is 16.3 Å². The van der Waals surface area contributed by atoms with Gasteiger partial charge in [-0.2, -0.15) is 11.8 Å². The van der Waals surface area contributed by atoms with Crippen LogP contribution < -0.4 is 5.32 Å². The predicted molar refractivity (Wildman–Crippen MR) is 83.5 cm³/mol. The van der Waals surface area contributed by atoms with Crippen LogP contribution in [0.15, 0.2) is 24.3 Å². The van der Waals surface area contributed by atoms with Crippen LogP contribution in [-0.2, 0) is 4.74 Å². The number of thioether (sulfide) groups is 1. The van der Waals surface area contributed by atoms with Gasteiger partial charge in [-0.05, 0) is 17.7 Å². The third-order valence-corrected chi connectivity index (χ3v) is 4.40. The summed E-state index contributed by atoms with van der Waals surface area (Å²) in [4.78, 5) is 14.1. The number of halogens is 1. The molecule has 0 aliphatic carbocycles. The number of nitrogens with zero attached hydrogens (tertiary/aromatic N) is 1. The van der Waals surface area contributed by atoms with Gasteiger partial charge in [0.05, 0.1) is 12.6 Å². The first-order valence-electron chi connectivity index (χ1n) is 6.58. The second-order valence-electron chi connectivity index (χ2n) is 4.61. The van der Waals surface area contributed by atoms with E-state index in [2.05, 4.69) is 5.32 Å². The molecule has 2 rings (SSSR count). The summed E-state index contributed by atoms with van der Waals surface area (Å²) in [6.45, 7) is 2.05. The quantitative estimate of drug-likeness (QED) is 0.929. The first-order valence-corrected chi connectivity index (χ1v) is 8.11. The highest BCUT2D eigenvalue weighted by Crippen LogP contribution is 2.18. The largest absolute Gasteiger partial charge is 0.382 e. The highest BCUT2D eigenvalue weighted by atomic mass is 35.5. The number of amides is 2. The molecule has 0 aromatic heterocycles. The van der Waals surface area contributed by atoms with Crippen LogP contribution in [0.4, 0.5) is 4.79 Å². The highest BCUT2D eigenvalue weighted by molar-refractivity contribution is 7.99. The number of nitrogens with one attached hydrogen (secondary N) is 1. The number of ether oxygens (including phenoxy) is 1. The molecule has 1 saturated heterocycles. The average molecular weight is 315 g/mol. The fourth-order valence-corrected chi connectivity index (χ4v) is 3.12. The van der Waals surface area contributed by atoms with E-state index < -0.39 is 0 Å². The first kappa shape index (κ1) is 15.5. The molecule has 1 aromatic rings. The van der Waals surface area contributed by atoms with Crippen molar-refractivity contribution in [1.29, 1.82) is 0 Å². The number of benzene rings is 1. The van der Waals surface area contributed by atoms with Crippen molar-refractivity contribution in [3.8, 4) is 0 Å². The van der Waals surface area contributed by atoms with Gasteiger partial charge in [-0.3, -0.25) is 0 Å². The van der Waals surface area contributed by atoms with E-state index in [1.165, 1.54) is 0 Å². The number of methoxy groups -OCH3 is 1. The fourth-order valence-electron chi connectivity index (χ4n) is 2.09. The Morgan fingerprint density at radius 3 is 2.65 bits per heavy atom. The predicted octanol–water partition coefficient (Wildman–Crippen LogP) is 2.79. The molecule has 4 nitrogen and oxygen atoms in total. The van der Waals surface area contributed by atoms with Gasteiger partial charge >= 0.3 is 6.03 Å². The van der Waals surface area contributed by atoms with Crippen LogP contribution in [0, 0.1) is 0 Å². The molecule has 1 atom stereocenters. The van der Waals surface area contributed by atoms with Crippen LogP contribution in [0.3, 0.4) is 0 Å². The van der Waals surface area contributed by atoms with Gasteiger partial charge in [-0.1, -0.05) is 23.7 Å². The lowest BCUT2D eigenvalue weighted by atomic mass is 10.1. The van der Waals surface area contributed by atoms with E-state index in [9.17, 15) is 4.79 Å². The Hall–Kier alpha value is -0.910. The van der Waals surface area contributed by atoms with Gasteiger partial charge in [0.1, 0.15) is 0 Å². The van der Waals surface area contributed by atoms with Crippen molar-refractivity contribution in [3.63, 3.8) is 0 Å². The van der Waals surface area contributed by atoms with Crippen LogP contribution in [0.1, 0.15) is 11.6 Å². The highest BCUT2D eigenvalue weighted by Gasteiger charge is 2.20. The van der Waals surface area contributed by atoms with Gasteiger partial charge in [0.2, 0.25) is 0 Å². The number of carbonyl (C=O) groups is 1. The minimum Gasteiger partial charge on any atom is -0.382 e. The molecule has 1 aliphatic rings. The first-order chi connectivity index (χ1) is 9.70. The molecule has 1 aromatic carbocycles. The molecule has 1 N–H and O–H groups in total. The Balaban J connectivity index is 2.01. The van der Waals surface area contributed by atoms with Crippen LogP contribution >= 0.6 is 23.4 Å². The molecule has 0 radical (unpaired) electrons. The zero-order valence-electron chi connectivity index (χ0n) is 11.5. The van der Waals surface area contributed by atoms with Crippen molar-refractivity contribution in [2.24, 2.45) is 0 Å². The Bertz CT molecular complexity index is 435. The van der Waals surface area contributed by atoms with Crippen LogP contribution in [0.25, 0.3) is 0 Å². The van der Waals surface area contributed by atoms with Crippen molar-refractivity contribution >= 4 is 29.4 Å². The number of rotatable bonds is 4. The van der Waals surface area contributed by atoms with Crippen LogP contribution in [0.5, 0.6) is 0 Å². The molecule has 1 aliphatic heterocycles. The molecule has 20 heavy (non-hydrogen) atoms. The second kappa shape index (κ2) is 7.76. The molecular formula is C14H19ClN2O2S. The number of hydrogen-bond donors (Lipinski definition) is 1. The summed E-state index contributed by atoms with van der Waals surface area (Å²) >= 11 is 7.77. The zero-order valence-corrected chi connectivity index (χ0v) is 13.0. The summed E-state index contributed by atoms with van der Waals surface area (Å²) in [6, 6.07) is 7.30. The zero-order chi connectivity index (χ0) is 14.4. The molecule has 0 unspecified atom stereocenters. The molecule has 110 valence electrons. The van der Waals surface area contributed by atoms with Gasteiger partial charge in [0, 0.05) is 36.7 Å². The van der Waals surface area contributed by atoms with E-state index in [1.807, 2.05) is 40.9 Å². The maximum absolute atomic E-state index is 12.2. The maximum atomic E-state index is 12.2. The van der Waals surface area contributed by atoms with E-state index >= 15 is 0 Å². The summed E-state index contributed by atoms with van der Waals surface area (Å²) in [5.74, 6) is 2.01. The van der Waals surface area contributed by atoms with E-state index in [1.54, 1.807) is 7.11 Å². The summed E-state index contributed by atoms with van der Waals surface area (Å²) in [7, 11) is 1.63. The summed E-state index contributed by atoms with van der Waals surface area (Å²) < 4.78 is 5.21. The lowest BCUT2D eigenvalue weighted by Gasteiger charge is -2.29. The van der Waals surface area contributed by atoms with Crippen LogP contribution in [0.2, 0.25) is 5.02 Å². The van der Waals surface area contributed by atoms with Gasteiger partial charge in [0.25, 0.3) is 0 Å². The number of urea groups is 1. The number of carbonyl (C=O) groups excluding carboxylic acids is 1. The smallest absolute Gasteiger partial charge is 0.318 e. The van der Waals surface area contributed by atoms with Crippen LogP contribution in [-0.4, -0.2) is 49.2 Å². The molecule has 0 spiro atoms.